The summed E-state index contributed by atoms with van der Waals surface area (Å²) in [5.41, 5.74) is 1.49. The van der Waals surface area contributed by atoms with Crippen LogP contribution in [0.3, 0.4) is 0 Å². The minimum absolute atomic E-state index is 0.0312. The van der Waals surface area contributed by atoms with Gasteiger partial charge in [0.1, 0.15) is 12.7 Å². The molecule has 1 aromatic rings. The van der Waals surface area contributed by atoms with Crippen molar-refractivity contribution < 1.29 is 19.4 Å². The minimum atomic E-state index is -0.808. The highest BCUT2D eigenvalue weighted by molar-refractivity contribution is 5.92. The van der Waals surface area contributed by atoms with Crippen molar-refractivity contribution >= 4 is 17.5 Å². The number of aliphatic hydroxyl groups excluding tert-OH is 1. The molecule has 2 atom stereocenters. The Kier molecular flexibility index (Phi) is 7.05. The molecular formula is C24H34N2O4. The van der Waals surface area contributed by atoms with Gasteiger partial charge in [-0.15, -0.1) is 0 Å². The molecular weight excluding hydrogens is 380 g/mol. The third-order valence-electron chi connectivity index (χ3n) is 7.02. The summed E-state index contributed by atoms with van der Waals surface area (Å²) in [4.78, 5) is 26.7. The second-order valence-corrected chi connectivity index (χ2v) is 9.17. The number of carbonyl (C=O) groups is 2. The molecule has 6 heteroatoms. The van der Waals surface area contributed by atoms with E-state index in [4.69, 9.17) is 4.74 Å². The van der Waals surface area contributed by atoms with Crippen LogP contribution in [0, 0.1) is 11.8 Å². The van der Waals surface area contributed by atoms with Gasteiger partial charge < -0.3 is 20.1 Å². The maximum atomic E-state index is 12.6. The Morgan fingerprint density at radius 3 is 2.43 bits per heavy atom. The van der Waals surface area contributed by atoms with Crippen molar-refractivity contribution in [3.63, 3.8) is 0 Å². The van der Waals surface area contributed by atoms with Gasteiger partial charge in [-0.25, -0.2) is 0 Å². The van der Waals surface area contributed by atoms with Crippen molar-refractivity contribution in [1.82, 2.24) is 4.90 Å². The first-order valence-electron chi connectivity index (χ1n) is 11.6. The number of ether oxygens (including phenoxy) is 1. The molecule has 3 fully saturated rings. The number of aliphatic hydroxyl groups is 1. The molecule has 0 bridgehead atoms. The van der Waals surface area contributed by atoms with Crippen LogP contribution in [0.2, 0.25) is 0 Å². The molecule has 0 radical (unpaired) electrons. The zero-order valence-electron chi connectivity index (χ0n) is 17.7. The number of morpholine rings is 1. The molecule has 1 aliphatic heterocycles. The van der Waals surface area contributed by atoms with E-state index in [2.05, 4.69) is 5.32 Å². The number of hydrogen-bond donors (Lipinski definition) is 2. The average molecular weight is 415 g/mol. The fourth-order valence-electron chi connectivity index (χ4n) is 5.19. The molecule has 0 aromatic heterocycles. The predicted octanol–water partition coefficient (Wildman–Crippen LogP) is 3.66. The first-order chi connectivity index (χ1) is 14.6. The summed E-state index contributed by atoms with van der Waals surface area (Å²) in [6.45, 7) is 1.15. The molecule has 30 heavy (non-hydrogen) atoms. The molecule has 4 rings (SSSR count). The van der Waals surface area contributed by atoms with E-state index in [1.807, 2.05) is 29.2 Å². The lowest BCUT2D eigenvalue weighted by Gasteiger charge is -2.40. The molecule has 2 saturated carbocycles. The van der Waals surface area contributed by atoms with E-state index >= 15 is 0 Å². The second kappa shape index (κ2) is 9.92. The number of hydrogen-bond acceptors (Lipinski definition) is 4. The largest absolute Gasteiger partial charge is 0.386 e. The van der Waals surface area contributed by atoms with Gasteiger partial charge >= 0.3 is 0 Å². The number of benzene rings is 1. The predicted molar refractivity (Wildman–Crippen MR) is 115 cm³/mol. The van der Waals surface area contributed by atoms with Gasteiger partial charge in [-0.1, -0.05) is 44.2 Å². The first-order valence-corrected chi connectivity index (χ1v) is 11.6. The Hall–Kier alpha value is -1.92. The fourth-order valence-corrected chi connectivity index (χ4v) is 5.19. The van der Waals surface area contributed by atoms with Crippen molar-refractivity contribution in [3.05, 3.63) is 29.8 Å². The van der Waals surface area contributed by atoms with Crippen LogP contribution in [0.4, 0.5) is 5.69 Å². The van der Waals surface area contributed by atoms with E-state index in [0.29, 0.717) is 19.1 Å². The van der Waals surface area contributed by atoms with Crippen LogP contribution in [0.5, 0.6) is 0 Å². The number of carbonyl (C=O) groups excluding carboxylic acids is 2. The SMILES string of the molecule is O=C(Nc1ccc(C(O)C2COCC(=O)N2CC2CCCCC2)cc1)C1CCCC1. The van der Waals surface area contributed by atoms with Gasteiger partial charge in [-0.3, -0.25) is 9.59 Å². The Morgan fingerprint density at radius 1 is 1.07 bits per heavy atom. The van der Waals surface area contributed by atoms with E-state index in [1.54, 1.807) is 0 Å². The van der Waals surface area contributed by atoms with E-state index in [9.17, 15) is 14.7 Å². The Bertz CT molecular complexity index is 723. The summed E-state index contributed by atoms with van der Waals surface area (Å²) in [5, 5.41) is 14.0. The highest BCUT2D eigenvalue weighted by Gasteiger charge is 2.36. The molecule has 2 N–H and O–H groups in total. The number of rotatable bonds is 6. The van der Waals surface area contributed by atoms with E-state index in [0.717, 1.165) is 49.8 Å². The first kappa shape index (κ1) is 21.3. The molecule has 164 valence electrons. The summed E-state index contributed by atoms with van der Waals surface area (Å²) >= 11 is 0. The quantitative estimate of drug-likeness (QED) is 0.745. The Labute approximate surface area is 179 Å². The van der Waals surface area contributed by atoms with Gasteiger partial charge in [-0.2, -0.15) is 0 Å². The fraction of sp³-hybridized carbons (Fsp3) is 0.667. The van der Waals surface area contributed by atoms with Crippen LogP contribution in [0.1, 0.15) is 69.5 Å². The van der Waals surface area contributed by atoms with Gasteiger partial charge in [0, 0.05) is 18.2 Å². The summed E-state index contributed by atoms with van der Waals surface area (Å²) in [7, 11) is 0. The monoisotopic (exact) mass is 414 g/mol. The van der Waals surface area contributed by atoms with Crippen LogP contribution < -0.4 is 5.32 Å². The highest BCUT2D eigenvalue weighted by Crippen LogP contribution is 2.30. The molecule has 1 aromatic carbocycles. The van der Waals surface area contributed by atoms with E-state index in [-0.39, 0.29) is 30.4 Å². The molecule has 2 aliphatic carbocycles. The lowest BCUT2D eigenvalue weighted by Crippen LogP contribution is -2.53. The van der Waals surface area contributed by atoms with Crippen LogP contribution in [0.15, 0.2) is 24.3 Å². The number of anilines is 1. The molecule has 1 saturated heterocycles. The number of nitrogens with one attached hydrogen (secondary N) is 1. The Morgan fingerprint density at radius 2 is 1.73 bits per heavy atom. The maximum absolute atomic E-state index is 12.6. The van der Waals surface area contributed by atoms with Crippen LogP contribution >= 0.6 is 0 Å². The summed E-state index contributed by atoms with van der Waals surface area (Å²) < 4.78 is 5.48. The topological polar surface area (TPSA) is 78.9 Å². The minimum Gasteiger partial charge on any atom is -0.386 e. The molecule has 3 aliphatic rings. The number of amides is 2. The number of nitrogens with zero attached hydrogens (tertiary/aromatic N) is 1. The van der Waals surface area contributed by atoms with Crippen molar-refractivity contribution in [1.29, 1.82) is 0 Å². The zero-order chi connectivity index (χ0) is 20.9. The molecule has 2 unspecified atom stereocenters. The molecule has 6 nitrogen and oxygen atoms in total. The van der Waals surface area contributed by atoms with Crippen LogP contribution in [-0.4, -0.2) is 47.6 Å². The normalized spacial score (nSPS) is 24.8. The van der Waals surface area contributed by atoms with Crippen molar-refractivity contribution in [3.8, 4) is 0 Å². The second-order valence-electron chi connectivity index (χ2n) is 9.17. The molecule has 0 spiro atoms. The lowest BCUT2D eigenvalue weighted by atomic mass is 9.88. The van der Waals surface area contributed by atoms with Crippen LogP contribution in [0.25, 0.3) is 0 Å². The third kappa shape index (κ3) is 5.03. The van der Waals surface area contributed by atoms with E-state index < -0.39 is 6.10 Å². The molecule has 2 amide bonds. The van der Waals surface area contributed by atoms with Gasteiger partial charge in [0.15, 0.2) is 0 Å². The molecule has 1 heterocycles. The van der Waals surface area contributed by atoms with Crippen LogP contribution in [-0.2, 0) is 14.3 Å². The van der Waals surface area contributed by atoms with Gasteiger partial charge in [0.25, 0.3) is 0 Å². The van der Waals surface area contributed by atoms with E-state index in [1.165, 1.54) is 19.3 Å². The summed E-state index contributed by atoms with van der Waals surface area (Å²) in [6.07, 6.45) is 9.43. The standard InChI is InChI=1S/C24H34N2O4/c27-22-16-30-15-21(26(22)14-17-6-2-1-3-7-17)23(28)18-10-12-20(13-11-18)25-24(29)19-8-4-5-9-19/h10-13,17,19,21,23,28H,1-9,14-16H2,(H,25,29). The zero-order valence-corrected chi connectivity index (χ0v) is 17.7. The lowest BCUT2D eigenvalue weighted by molar-refractivity contribution is -0.155. The maximum Gasteiger partial charge on any atom is 0.249 e. The summed E-state index contributed by atoms with van der Waals surface area (Å²) in [5.74, 6) is 0.694. The Balaban J connectivity index is 1.40. The van der Waals surface area contributed by atoms with Crippen molar-refractivity contribution in [2.24, 2.45) is 11.8 Å². The smallest absolute Gasteiger partial charge is 0.249 e. The van der Waals surface area contributed by atoms with Gasteiger partial charge in [0.2, 0.25) is 11.8 Å². The van der Waals surface area contributed by atoms with Crippen molar-refractivity contribution in [2.75, 3.05) is 25.1 Å². The average Bonchev–Trinajstić information content (AvgIpc) is 3.31. The third-order valence-corrected chi connectivity index (χ3v) is 7.02. The van der Waals surface area contributed by atoms with Gasteiger partial charge in [0.05, 0.1) is 12.6 Å². The summed E-state index contributed by atoms with van der Waals surface area (Å²) in [6, 6.07) is 6.98. The van der Waals surface area contributed by atoms with Gasteiger partial charge in [-0.05, 0) is 49.3 Å². The van der Waals surface area contributed by atoms with Crippen molar-refractivity contribution in [2.45, 2.75) is 69.9 Å². The highest BCUT2D eigenvalue weighted by atomic mass is 16.5.